The summed E-state index contributed by atoms with van der Waals surface area (Å²) in [6.07, 6.45) is 2.01. The molecule has 0 saturated carbocycles. The number of likely N-dealkylation sites (tertiary alicyclic amines) is 1. The molecule has 3 aromatic rings. The number of anilines is 1. The highest BCUT2D eigenvalue weighted by molar-refractivity contribution is 7.09. The fraction of sp³-hybridized carbons (Fsp3) is 0.433. The molecular formula is C30H35N5O4S. The van der Waals surface area contributed by atoms with Gasteiger partial charge in [-0.15, -0.1) is 11.3 Å². The maximum atomic E-state index is 13.1. The van der Waals surface area contributed by atoms with Crippen molar-refractivity contribution in [2.45, 2.75) is 38.5 Å². The second kappa shape index (κ2) is 12.6. The van der Waals surface area contributed by atoms with Crippen LogP contribution in [0.2, 0.25) is 0 Å². The summed E-state index contributed by atoms with van der Waals surface area (Å²) in [5.74, 6) is 1.84. The van der Waals surface area contributed by atoms with E-state index in [0.717, 1.165) is 42.5 Å². The lowest BCUT2D eigenvalue weighted by molar-refractivity contribution is -0.132. The van der Waals surface area contributed by atoms with E-state index >= 15 is 0 Å². The van der Waals surface area contributed by atoms with Gasteiger partial charge in [0.15, 0.2) is 5.78 Å². The van der Waals surface area contributed by atoms with Crippen LogP contribution in [0.1, 0.15) is 63.1 Å². The van der Waals surface area contributed by atoms with E-state index in [1.165, 1.54) is 11.3 Å². The van der Waals surface area contributed by atoms with Crippen molar-refractivity contribution < 1.29 is 19.1 Å². The number of carbonyl (C=O) groups is 3. The van der Waals surface area contributed by atoms with Crippen molar-refractivity contribution in [1.29, 1.82) is 0 Å². The Hall–Kier alpha value is -3.79. The average molecular weight is 562 g/mol. The minimum Gasteiger partial charge on any atom is -0.497 e. The summed E-state index contributed by atoms with van der Waals surface area (Å²) < 4.78 is 5.13. The number of Topliss-reactive ketones (excluding diaryl/α,β-unsaturated/α-hetero) is 1. The Bertz CT molecular complexity index is 1340. The van der Waals surface area contributed by atoms with Crippen molar-refractivity contribution >= 4 is 34.8 Å². The van der Waals surface area contributed by atoms with Gasteiger partial charge in [0.25, 0.3) is 5.91 Å². The van der Waals surface area contributed by atoms with Crippen molar-refractivity contribution in [2.24, 2.45) is 0 Å². The normalized spacial score (nSPS) is 16.2. The number of piperidine rings is 1. The molecule has 2 fully saturated rings. The van der Waals surface area contributed by atoms with Crippen molar-refractivity contribution in [2.75, 3.05) is 51.3 Å². The average Bonchev–Trinajstić information content (AvgIpc) is 3.50. The number of hydrogen-bond acceptors (Lipinski definition) is 8. The molecule has 2 saturated heterocycles. The van der Waals surface area contributed by atoms with Crippen LogP contribution >= 0.6 is 11.3 Å². The van der Waals surface area contributed by atoms with Crippen LogP contribution in [0.25, 0.3) is 0 Å². The van der Waals surface area contributed by atoms with Crippen molar-refractivity contribution in [3.05, 3.63) is 69.8 Å². The molecule has 0 unspecified atom stereocenters. The Labute approximate surface area is 238 Å². The van der Waals surface area contributed by atoms with Gasteiger partial charge in [-0.25, -0.2) is 9.97 Å². The molecule has 0 spiro atoms. The summed E-state index contributed by atoms with van der Waals surface area (Å²) in [4.78, 5) is 53.6. The molecule has 0 radical (unpaired) electrons. The Morgan fingerprint density at radius 2 is 1.62 bits per heavy atom. The number of aryl methyl sites for hydroxylation is 1. The monoisotopic (exact) mass is 561 g/mol. The number of amides is 2. The van der Waals surface area contributed by atoms with Gasteiger partial charge in [0.05, 0.1) is 12.1 Å². The van der Waals surface area contributed by atoms with Crippen molar-refractivity contribution in [3.8, 4) is 5.75 Å². The number of aromatic nitrogens is 2. The molecule has 0 atom stereocenters. The second-order valence-electron chi connectivity index (χ2n) is 10.3. The van der Waals surface area contributed by atoms with E-state index in [0.29, 0.717) is 43.2 Å². The second-order valence-corrected chi connectivity index (χ2v) is 11.2. The number of piperazine rings is 1. The van der Waals surface area contributed by atoms with E-state index in [1.807, 2.05) is 40.3 Å². The van der Waals surface area contributed by atoms with Gasteiger partial charge < -0.3 is 19.4 Å². The van der Waals surface area contributed by atoms with Crippen LogP contribution in [0.15, 0.2) is 47.8 Å². The molecule has 40 heavy (non-hydrogen) atoms. The van der Waals surface area contributed by atoms with Gasteiger partial charge in [-0.1, -0.05) is 6.07 Å². The van der Waals surface area contributed by atoms with Crippen LogP contribution in [0.4, 0.5) is 5.82 Å². The van der Waals surface area contributed by atoms with Crippen LogP contribution in [-0.4, -0.2) is 83.7 Å². The number of methoxy groups -OCH3 is 1. The molecule has 4 heterocycles. The zero-order valence-corrected chi connectivity index (χ0v) is 23.9. The number of thiazole rings is 1. The number of ether oxygens (including phenoxy) is 1. The number of pyridine rings is 1. The first-order chi connectivity index (χ1) is 19.4. The molecular weight excluding hydrogens is 526 g/mol. The van der Waals surface area contributed by atoms with E-state index in [1.54, 1.807) is 31.4 Å². The number of carbonyl (C=O) groups excluding carboxylic acids is 3. The number of rotatable bonds is 8. The quantitative estimate of drug-likeness (QED) is 0.381. The third-order valence-electron chi connectivity index (χ3n) is 7.68. The predicted molar refractivity (Wildman–Crippen MR) is 154 cm³/mol. The molecule has 10 heteroatoms. The van der Waals surface area contributed by atoms with Crippen LogP contribution in [0, 0.1) is 6.92 Å². The molecule has 2 aromatic heterocycles. The summed E-state index contributed by atoms with van der Waals surface area (Å²) in [5.41, 5.74) is 2.09. The lowest BCUT2D eigenvalue weighted by atomic mass is 9.97. The van der Waals surface area contributed by atoms with Crippen LogP contribution < -0.4 is 9.64 Å². The van der Waals surface area contributed by atoms with Gasteiger partial charge in [0.1, 0.15) is 17.3 Å². The van der Waals surface area contributed by atoms with Gasteiger partial charge in [-0.3, -0.25) is 14.4 Å². The zero-order chi connectivity index (χ0) is 28.1. The van der Waals surface area contributed by atoms with Crippen molar-refractivity contribution in [1.82, 2.24) is 19.8 Å². The fourth-order valence-corrected chi connectivity index (χ4v) is 6.22. The largest absolute Gasteiger partial charge is 0.497 e. The smallest absolute Gasteiger partial charge is 0.273 e. The maximum Gasteiger partial charge on any atom is 0.273 e. The van der Waals surface area contributed by atoms with Crippen LogP contribution in [0.5, 0.6) is 5.75 Å². The predicted octanol–water partition coefficient (Wildman–Crippen LogP) is 4.19. The summed E-state index contributed by atoms with van der Waals surface area (Å²) in [6.45, 7) is 6.04. The lowest BCUT2D eigenvalue weighted by Gasteiger charge is -2.35. The van der Waals surface area contributed by atoms with Crippen LogP contribution in [0.3, 0.4) is 0 Å². The van der Waals surface area contributed by atoms with E-state index in [2.05, 4.69) is 9.88 Å². The molecule has 0 N–H and O–H groups in total. The summed E-state index contributed by atoms with van der Waals surface area (Å²) in [6, 6.07) is 13.0. The van der Waals surface area contributed by atoms with E-state index in [-0.39, 0.29) is 36.4 Å². The number of nitrogens with zero attached hydrogens (tertiary/aromatic N) is 5. The van der Waals surface area contributed by atoms with Gasteiger partial charge in [-0.05, 0) is 56.2 Å². The molecule has 0 aliphatic carbocycles. The topological polar surface area (TPSA) is 95.9 Å². The fourth-order valence-electron chi connectivity index (χ4n) is 5.25. The number of hydrogen-bond donors (Lipinski definition) is 0. The van der Waals surface area contributed by atoms with Crippen molar-refractivity contribution in [3.63, 3.8) is 0 Å². The summed E-state index contributed by atoms with van der Waals surface area (Å²) in [5, 5.41) is 2.83. The maximum absolute atomic E-state index is 13.1. The zero-order valence-electron chi connectivity index (χ0n) is 23.0. The Kier molecular flexibility index (Phi) is 8.74. The molecule has 1 aromatic carbocycles. The summed E-state index contributed by atoms with van der Waals surface area (Å²) in [7, 11) is 1.58. The first-order valence-electron chi connectivity index (χ1n) is 13.8. The highest BCUT2D eigenvalue weighted by Crippen LogP contribution is 2.31. The minimum absolute atomic E-state index is 0.00956. The highest BCUT2D eigenvalue weighted by atomic mass is 32.1. The molecule has 2 aliphatic heterocycles. The van der Waals surface area contributed by atoms with Crippen LogP contribution in [-0.2, 0) is 4.79 Å². The first kappa shape index (κ1) is 27.8. The van der Waals surface area contributed by atoms with Gasteiger partial charge >= 0.3 is 0 Å². The first-order valence-corrected chi connectivity index (χ1v) is 14.7. The Morgan fingerprint density at radius 1 is 0.900 bits per heavy atom. The summed E-state index contributed by atoms with van der Waals surface area (Å²) >= 11 is 1.54. The van der Waals surface area contributed by atoms with Gasteiger partial charge in [0, 0.05) is 74.7 Å². The van der Waals surface area contributed by atoms with E-state index in [4.69, 9.17) is 9.72 Å². The van der Waals surface area contributed by atoms with E-state index < -0.39 is 0 Å². The molecule has 2 amide bonds. The van der Waals surface area contributed by atoms with E-state index in [9.17, 15) is 14.4 Å². The highest BCUT2D eigenvalue weighted by Gasteiger charge is 2.28. The lowest BCUT2D eigenvalue weighted by Crippen LogP contribution is -2.49. The third-order valence-corrected chi connectivity index (χ3v) is 8.69. The molecule has 0 bridgehead atoms. The van der Waals surface area contributed by atoms with Gasteiger partial charge in [-0.2, -0.15) is 0 Å². The number of ketones is 1. The molecule has 210 valence electrons. The third kappa shape index (κ3) is 6.50. The SMILES string of the molecule is COc1ccc(C(=O)CCC(=O)N2CCC(c3nc(C(=O)N4CCN(c5cccc(C)n5)CC4)cs3)CC2)cc1. The Balaban J connectivity index is 1.07. The molecule has 2 aliphatic rings. The molecule has 5 rings (SSSR count). The Morgan fingerprint density at radius 3 is 2.30 bits per heavy atom. The minimum atomic E-state index is -0.0425. The van der Waals surface area contributed by atoms with Gasteiger partial charge in [0.2, 0.25) is 5.91 Å². The molecule has 9 nitrogen and oxygen atoms in total. The number of benzene rings is 1. The standard InChI is InChI=1S/C30H35N5O4S/c1-21-4-3-5-27(31-21)33-16-18-35(19-17-33)30(38)25-20-40-29(32-25)23-12-14-34(15-13-23)28(37)11-10-26(36)22-6-8-24(39-2)9-7-22/h3-9,20,23H,10-19H2,1-2H3.